The predicted molar refractivity (Wildman–Crippen MR) is 129 cm³/mol. The van der Waals surface area contributed by atoms with Crippen LogP contribution in [0.2, 0.25) is 0 Å². The van der Waals surface area contributed by atoms with Crippen LogP contribution in [0.5, 0.6) is 11.5 Å². The van der Waals surface area contributed by atoms with Crippen LogP contribution in [0, 0.1) is 0 Å². The SMILES string of the molecule is CCOc1cc(CNc2ccccc2CC)ccc1OCc1cccc2ccccc12. The molecule has 31 heavy (non-hydrogen) atoms. The smallest absolute Gasteiger partial charge is 0.161 e. The molecular formula is C28H29NO2. The number of aryl methyl sites for hydroxylation is 1. The van der Waals surface area contributed by atoms with Crippen LogP contribution in [0.4, 0.5) is 5.69 Å². The minimum Gasteiger partial charge on any atom is -0.490 e. The molecule has 0 radical (unpaired) electrons. The van der Waals surface area contributed by atoms with Gasteiger partial charge < -0.3 is 14.8 Å². The first kappa shape index (κ1) is 20.8. The predicted octanol–water partition coefficient (Wildman–Crippen LogP) is 6.99. The lowest BCUT2D eigenvalue weighted by molar-refractivity contribution is 0.270. The molecule has 0 aliphatic carbocycles. The molecule has 4 aromatic rings. The highest BCUT2D eigenvalue weighted by Crippen LogP contribution is 2.30. The third-order valence-corrected chi connectivity index (χ3v) is 5.45. The van der Waals surface area contributed by atoms with Crippen molar-refractivity contribution in [3.63, 3.8) is 0 Å². The van der Waals surface area contributed by atoms with E-state index in [1.165, 1.54) is 27.6 Å². The summed E-state index contributed by atoms with van der Waals surface area (Å²) >= 11 is 0. The summed E-state index contributed by atoms with van der Waals surface area (Å²) in [7, 11) is 0. The van der Waals surface area contributed by atoms with E-state index in [4.69, 9.17) is 9.47 Å². The first-order valence-electron chi connectivity index (χ1n) is 11.0. The second kappa shape index (κ2) is 10.0. The van der Waals surface area contributed by atoms with Gasteiger partial charge in [-0.05, 0) is 59.0 Å². The van der Waals surface area contributed by atoms with Gasteiger partial charge >= 0.3 is 0 Å². The van der Waals surface area contributed by atoms with Gasteiger partial charge in [0.25, 0.3) is 0 Å². The van der Waals surface area contributed by atoms with Crippen LogP contribution in [-0.2, 0) is 19.6 Å². The highest BCUT2D eigenvalue weighted by molar-refractivity contribution is 5.85. The van der Waals surface area contributed by atoms with Gasteiger partial charge in [0.05, 0.1) is 6.61 Å². The summed E-state index contributed by atoms with van der Waals surface area (Å²) in [5.74, 6) is 1.55. The van der Waals surface area contributed by atoms with Crippen LogP contribution in [0.15, 0.2) is 84.9 Å². The van der Waals surface area contributed by atoms with E-state index >= 15 is 0 Å². The maximum Gasteiger partial charge on any atom is 0.161 e. The van der Waals surface area contributed by atoms with Gasteiger partial charge in [0.2, 0.25) is 0 Å². The number of rotatable bonds is 9. The molecular weight excluding hydrogens is 382 g/mol. The Morgan fingerprint density at radius 3 is 2.35 bits per heavy atom. The number of nitrogens with one attached hydrogen (secondary N) is 1. The van der Waals surface area contributed by atoms with Crippen molar-refractivity contribution >= 4 is 16.5 Å². The topological polar surface area (TPSA) is 30.5 Å². The molecule has 0 fully saturated rings. The zero-order valence-electron chi connectivity index (χ0n) is 18.2. The Kier molecular flexibility index (Phi) is 6.73. The second-order valence-electron chi connectivity index (χ2n) is 7.51. The maximum atomic E-state index is 6.19. The number of fused-ring (bicyclic) bond motifs is 1. The number of hydrogen-bond donors (Lipinski definition) is 1. The van der Waals surface area contributed by atoms with Gasteiger partial charge in [-0.15, -0.1) is 0 Å². The standard InChI is InChI=1S/C28H29NO2/c1-3-22-10-6-8-15-26(22)29-19-21-16-17-27(28(18-21)30-4-2)31-20-24-13-9-12-23-11-5-7-14-25(23)24/h5-18,29H,3-4,19-20H2,1-2H3. The van der Waals surface area contributed by atoms with Crippen LogP contribution in [-0.4, -0.2) is 6.61 Å². The Balaban J connectivity index is 1.49. The summed E-state index contributed by atoms with van der Waals surface area (Å²) in [5.41, 5.74) is 4.83. The Labute approximate surface area is 184 Å². The van der Waals surface area contributed by atoms with Crippen molar-refractivity contribution in [2.45, 2.75) is 33.4 Å². The van der Waals surface area contributed by atoms with Crippen molar-refractivity contribution in [2.75, 3.05) is 11.9 Å². The molecule has 0 saturated heterocycles. The number of para-hydroxylation sites is 1. The quantitative estimate of drug-likeness (QED) is 0.322. The monoisotopic (exact) mass is 411 g/mol. The van der Waals surface area contributed by atoms with Crippen molar-refractivity contribution in [3.8, 4) is 11.5 Å². The normalized spacial score (nSPS) is 10.8. The second-order valence-corrected chi connectivity index (χ2v) is 7.51. The van der Waals surface area contributed by atoms with E-state index in [1.54, 1.807) is 0 Å². The molecule has 0 heterocycles. The van der Waals surface area contributed by atoms with E-state index in [-0.39, 0.29) is 0 Å². The van der Waals surface area contributed by atoms with Crippen LogP contribution in [0.3, 0.4) is 0 Å². The van der Waals surface area contributed by atoms with Crippen LogP contribution in [0.25, 0.3) is 10.8 Å². The first-order chi connectivity index (χ1) is 15.3. The fourth-order valence-corrected chi connectivity index (χ4v) is 3.82. The molecule has 1 N–H and O–H groups in total. The Hall–Kier alpha value is -3.46. The van der Waals surface area contributed by atoms with Gasteiger partial charge in [-0.25, -0.2) is 0 Å². The van der Waals surface area contributed by atoms with E-state index in [9.17, 15) is 0 Å². The van der Waals surface area contributed by atoms with Crippen molar-refractivity contribution in [2.24, 2.45) is 0 Å². The third kappa shape index (κ3) is 5.00. The van der Waals surface area contributed by atoms with Crippen LogP contribution < -0.4 is 14.8 Å². The molecule has 0 atom stereocenters. The molecule has 0 unspecified atom stereocenters. The molecule has 4 rings (SSSR count). The average Bonchev–Trinajstić information content (AvgIpc) is 2.82. The minimum atomic E-state index is 0.503. The molecule has 0 saturated carbocycles. The fraction of sp³-hybridized carbons (Fsp3) is 0.214. The largest absolute Gasteiger partial charge is 0.490 e. The number of hydrogen-bond acceptors (Lipinski definition) is 3. The molecule has 158 valence electrons. The molecule has 0 amide bonds. The van der Waals surface area contributed by atoms with Gasteiger partial charge in [0, 0.05) is 12.2 Å². The summed E-state index contributed by atoms with van der Waals surface area (Å²) in [6.45, 7) is 6.01. The Bertz CT molecular complexity index is 1150. The van der Waals surface area contributed by atoms with E-state index in [0.717, 1.165) is 30.0 Å². The van der Waals surface area contributed by atoms with Gasteiger partial charge in [0.1, 0.15) is 6.61 Å². The van der Waals surface area contributed by atoms with Gasteiger partial charge in [-0.1, -0.05) is 73.7 Å². The third-order valence-electron chi connectivity index (χ3n) is 5.45. The highest BCUT2D eigenvalue weighted by atomic mass is 16.5. The lowest BCUT2D eigenvalue weighted by atomic mass is 10.1. The molecule has 4 aromatic carbocycles. The molecule has 0 aromatic heterocycles. The highest BCUT2D eigenvalue weighted by Gasteiger charge is 2.09. The molecule has 0 aliphatic heterocycles. The van der Waals surface area contributed by atoms with Crippen molar-refractivity contribution in [3.05, 3.63) is 102 Å². The van der Waals surface area contributed by atoms with Crippen LogP contribution >= 0.6 is 0 Å². The summed E-state index contributed by atoms with van der Waals surface area (Å²) in [5, 5.41) is 6.00. The Morgan fingerprint density at radius 2 is 1.48 bits per heavy atom. The fourth-order valence-electron chi connectivity index (χ4n) is 3.82. The minimum absolute atomic E-state index is 0.503. The van der Waals surface area contributed by atoms with E-state index in [1.807, 2.05) is 13.0 Å². The number of ether oxygens (including phenoxy) is 2. The van der Waals surface area contributed by atoms with Crippen molar-refractivity contribution < 1.29 is 9.47 Å². The summed E-state index contributed by atoms with van der Waals surface area (Å²) in [6, 6.07) is 29.3. The van der Waals surface area contributed by atoms with Gasteiger partial charge in [0.15, 0.2) is 11.5 Å². The van der Waals surface area contributed by atoms with E-state index < -0.39 is 0 Å². The van der Waals surface area contributed by atoms with Crippen LogP contribution in [0.1, 0.15) is 30.5 Å². The first-order valence-corrected chi connectivity index (χ1v) is 11.0. The number of benzene rings is 4. The van der Waals surface area contributed by atoms with Crippen molar-refractivity contribution in [1.82, 2.24) is 0 Å². The van der Waals surface area contributed by atoms with Crippen molar-refractivity contribution in [1.29, 1.82) is 0 Å². The van der Waals surface area contributed by atoms with E-state index in [2.05, 4.69) is 91.1 Å². The molecule has 0 spiro atoms. The molecule has 3 nitrogen and oxygen atoms in total. The molecule has 0 bridgehead atoms. The van der Waals surface area contributed by atoms with Gasteiger partial charge in [-0.2, -0.15) is 0 Å². The Morgan fingerprint density at radius 1 is 0.710 bits per heavy atom. The molecule has 0 aliphatic rings. The zero-order chi connectivity index (χ0) is 21.5. The lowest BCUT2D eigenvalue weighted by Crippen LogP contribution is -2.04. The van der Waals surface area contributed by atoms with E-state index in [0.29, 0.717) is 13.2 Å². The zero-order valence-corrected chi connectivity index (χ0v) is 18.2. The average molecular weight is 412 g/mol. The molecule has 3 heteroatoms. The van der Waals surface area contributed by atoms with Gasteiger partial charge in [-0.3, -0.25) is 0 Å². The summed E-state index contributed by atoms with van der Waals surface area (Å²) in [4.78, 5) is 0. The summed E-state index contributed by atoms with van der Waals surface area (Å²) < 4.78 is 12.1. The maximum absolute atomic E-state index is 6.19. The summed E-state index contributed by atoms with van der Waals surface area (Å²) in [6.07, 6.45) is 1.01. The lowest BCUT2D eigenvalue weighted by Gasteiger charge is -2.15. The number of anilines is 1.